The summed E-state index contributed by atoms with van der Waals surface area (Å²) in [7, 11) is 3.09. The van der Waals surface area contributed by atoms with Gasteiger partial charge in [0.15, 0.2) is 11.5 Å². The number of carbonyl (C=O) groups is 2. The van der Waals surface area contributed by atoms with E-state index in [-0.39, 0.29) is 24.8 Å². The first-order valence-corrected chi connectivity index (χ1v) is 7.90. The number of ether oxygens (including phenoxy) is 2. The SMILES string of the molecule is COc1ccc(CC(=O)NCC(=O)NCc2ccccc2)cc1OC. The van der Waals surface area contributed by atoms with E-state index >= 15 is 0 Å². The fourth-order valence-corrected chi connectivity index (χ4v) is 2.28. The minimum Gasteiger partial charge on any atom is -0.493 e. The summed E-state index contributed by atoms with van der Waals surface area (Å²) in [5.74, 6) is 0.701. The molecule has 2 rings (SSSR count). The molecule has 2 N–H and O–H groups in total. The number of methoxy groups -OCH3 is 2. The maximum Gasteiger partial charge on any atom is 0.239 e. The van der Waals surface area contributed by atoms with Gasteiger partial charge < -0.3 is 20.1 Å². The van der Waals surface area contributed by atoms with Crippen LogP contribution in [0.2, 0.25) is 0 Å². The van der Waals surface area contributed by atoms with Crippen LogP contribution in [0.15, 0.2) is 48.5 Å². The molecule has 0 aliphatic carbocycles. The Balaban J connectivity index is 1.77. The average Bonchev–Trinajstić information content (AvgIpc) is 2.65. The van der Waals surface area contributed by atoms with Crippen LogP contribution >= 0.6 is 0 Å². The van der Waals surface area contributed by atoms with Crippen LogP contribution in [-0.4, -0.2) is 32.6 Å². The van der Waals surface area contributed by atoms with E-state index in [0.29, 0.717) is 18.0 Å². The van der Waals surface area contributed by atoms with Crippen molar-refractivity contribution in [3.8, 4) is 11.5 Å². The standard InChI is InChI=1S/C19H22N2O4/c1-24-16-9-8-15(10-17(16)25-2)11-18(22)21-13-19(23)20-12-14-6-4-3-5-7-14/h3-10H,11-13H2,1-2H3,(H,20,23)(H,21,22). The third-order valence-electron chi connectivity index (χ3n) is 3.59. The second-order valence-electron chi connectivity index (χ2n) is 5.41. The molecule has 0 fully saturated rings. The maximum atomic E-state index is 12.0. The average molecular weight is 342 g/mol. The largest absolute Gasteiger partial charge is 0.493 e. The van der Waals surface area contributed by atoms with E-state index in [1.54, 1.807) is 32.4 Å². The molecule has 6 heteroatoms. The van der Waals surface area contributed by atoms with Crippen LogP contribution in [0.3, 0.4) is 0 Å². The van der Waals surface area contributed by atoms with Crippen molar-refractivity contribution < 1.29 is 19.1 Å². The second kappa shape index (κ2) is 9.32. The lowest BCUT2D eigenvalue weighted by Crippen LogP contribution is -2.37. The van der Waals surface area contributed by atoms with Crippen molar-refractivity contribution in [1.82, 2.24) is 10.6 Å². The summed E-state index contributed by atoms with van der Waals surface area (Å²) in [5, 5.41) is 5.37. The van der Waals surface area contributed by atoms with Crippen LogP contribution in [0.25, 0.3) is 0 Å². The van der Waals surface area contributed by atoms with Crippen molar-refractivity contribution in [2.45, 2.75) is 13.0 Å². The summed E-state index contributed by atoms with van der Waals surface area (Å²) in [6.45, 7) is 0.379. The third-order valence-corrected chi connectivity index (χ3v) is 3.59. The Hall–Kier alpha value is -3.02. The van der Waals surface area contributed by atoms with Gasteiger partial charge in [-0.25, -0.2) is 0 Å². The van der Waals surface area contributed by atoms with Gasteiger partial charge in [0.1, 0.15) is 0 Å². The van der Waals surface area contributed by atoms with E-state index in [9.17, 15) is 9.59 Å². The number of rotatable bonds is 8. The van der Waals surface area contributed by atoms with E-state index in [1.807, 2.05) is 30.3 Å². The molecular formula is C19H22N2O4. The Bertz CT molecular complexity index is 717. The minimum atomic E-state index is -0.234. The molecule has 0 atom stereocenters. The van der Waals surface area contributed by atoms with E-state index in [1.165, 1.54) is 0 Å². The van der Waals surface area contributed by atoms with Gasteiger partial charge in [0, 0.05) is 6.54 Å². The highest BCUT2D eigenvalue weighted by Crippen LogP contribution is 2.27. The molecular weight excluding hydrogens is 320 g/mol. The highest BCUT2D eigenvalue weighted by molar-refractivity contribution is 5.85. The number of hydrogen-bond acceptors (Lipinski definition) is 4. The molecule has 0 unspecified atom stereocenters. The van der Waals surface area contributed by atoms with Gasteiger partial charge >= 0.3 is 0 Å². The number of amides is 2. The molecule has 2 aromatic carbocycles. The zero-order valence-corrected chi connectivity index (χ0v) is 14.4. The molecule has 25 heavy (non-hydrogen) atoms. The maximum absolute atomic E-state index is 12.0. The fourth-order valence-electron chi connectivity index (χ4n) is 2.28. The Kier molecular flexibility index (Phi) is 6.83. The van der Waals surface area contributed by atoms with E-state index < -0.39 is 0 Å². The predicted octanol–water partition coefficient (Wildman–Crippen LogP) is 1.68. The Morgan fingerprint density at radius 2 is 1.56 bits per heavy atom. The van der Waals surface area contributed by atoms with Crippen molar-refractivity contribution in [3.63, 3.8) is 0 Å². The fraction of sp³-hybridized carbons (Fsp3) is 0.263. The minimum absolute atomic E-state index is 0.0566. The first-order valence-electron chi connectivity index (χ1n) is 7.90. The van der Waals surface area contributed by atoms with E-state index in [2.05, 4.69) is 10.6 Å². The van der Waals surface area contributed by atoms with Gasteiger partial charge in [0.25, 0.3) is 0 Å². The zero-order valence-electron chi connectivity index (χ0n) is 14.4. The normalized spacial score (nSPS) is 10.0. The van der Waals surface area contributed by atoms with Crippen molar-refractivity contribution in [2.75, 3.05) is 20.8 Å². The van der Waals surface area contributed by atoms with Crippen molar-refractivity contribution in [3.05, 3.63) is 59.7 Å². The monoisotopic (exact) mass is 342 g/mol. The van der Waals surface area contributed by atoms with Gasteiger partial charge in [-0.15, -0.1) is 0 Å². The van der Waals surface area contributed by atoms with Crippen LogP contribution in [0.5, 0.6) is 11.5 Å². The Morgan fingerprint density at radius 3 is 2.24 bits per heavy atom. The smallest absolute Gasteiger partial charge is 0.239 e. The number of benzene rings is 2. The molecule has 0 bridgehead atoms. The second-order valence-corrected chi connectivity index (χ2v) is 5.41. The zero-order chi connectivity index (χ0) is 18.1. The lowest BCUT2D eigenvalue weighted by Gasteiger charge is -2.10. The molecule has 0 radical (unpaired) electrons. The van der Waals surface area contributed by atoms with Gasteiger partial charge in [-0.1, -0.05) is 36.4 Å². The van der Waals surface area contributed by atoms with Crippen LogP contribution in [0, 0.1) is 0 Å². The van der Waals surface area contributed by atoms with Crippen LogP contribution in [0.1, 0.15) is 11.1 Å². The molecule has 0 saturated carbocycles. The Labute approximate surface area is 147 Å². The number of carbonyl (C=O) groups excluding carboxylic acids is 2. The molecule has 6 nitrogen and oxygen atoms in total. The molecule has 0 heterocycles. The summed E-state index contributed by atoms with van der Waals surface area (Å²) >= 11 is 0. The van der Waals surface area contributed by atoms with Crippen molar-refractivity contribution in [1.29, 1.82) is 0 Å². The lowest BCUT2D eigenvalue weighted by atomic mass is 10.1. The molecule has 2 amide bonds. The van der Waals surface area contributed by atoms with Crippen molar-refractivity contribution >= 4 is 11.8 Å². The summed E-state index contributed by atoms with van der Waals surface area (Å²) in [6.07, 6.45) is 0.159. The molecule has 132 valence electrons. The Morgan fingerprint density at radius 1 is 0.840 bits per heavy atom. The molecule has 0 saturated heterocycles. The highest BCUT2D eigenvalue weighted by Gasteiger charge is 2.09. The first kappa shape index (κ1) is 18.3. The first-order chi connectivity index (χ1) is 12.1. The summed E-state index contributed by atoms with van der Waals surface area (Å²) < 4.78 is 10.4. The van der Waals surface area contributed by atoms with Gasteiger partial charge in [-0.2, -0.15) is 0 Å². The van der Waals surface area contributed by atoms with Gasteiger partial charge in [-0.05, 0) is 23.3 Å². The topological polar surface area (TPSA) is 76.7 Å². The molecule has 0 spiro atoms. The predicted molar refractivity (Wildman–Crippen MR) is 94.5 cm³/mol. The van der Waals surface area contributed by atoms with Crippen LogP contribution in [0.4, 0.5) is 0 Å². The highest BCUT2D eigenvalue weighted by atomic mass is 16.5. The molecule has 0 aliphatic heterocycles. The summed E-state index contributed by atoms with van der Waals surface area (Å²) in [5.41, 5.74) is 1.78. The molecule has 2 aromatic rings. The molecule has 0 aromatic heterocycles. The van der Waals surface area contributed by atoms with Gasteiger partial charge in [0.05, 0.1) is 27.2 Å². The lowest BCUT2D eigenvalue weighted by molar-refractivity contribution is -0.125. The quantitative estimate of drug-likeness (QED) is 0.765. The summed E-state index contributed by atoms with van der Waals surface area (Å²) in [6, 6.07) is 14.9. The third kappa shape index (κ3) is 5.84. The van der Waals surface area contributed by atoms with E-state index in [0.717, 1.165) is 11.1 Å². The summed E-state index contributed by atoms with van der Waals surface area (Å²) in [4.78, 5) is 23.8. The van der Waals surface area contributed by atoms with Gasteiger partial charge in [-0.3, -0.25) is 9.59 Å². The number of hydrogen-bond donors (Lipinski definition) is 2. The van der Waals surface area contributed by atoms with Crippen LogP contribution in [-0.2, 0) is 22.6 Å². The van der Waals surface area contributed by atoms with Crippen LogP contribution < -0.4 is 20.1 Å². The van der Waals surface area contributed by atoms with Crippen molar-refractivity contribution in [2.24, 2.45) is 0 Å². The van der Waals surface area contributed by atoms with E-state index in [4.69, 9.17) is 9.47 Å². The molecule has 0 aliphatic rings. The number of nitrogens with one attached hydrogen (secondary N) is 2. The van der Waals surface area contributed by atoms with Gasteiger partial charge in [0.2, 0.25) is 11.8 Å².